The molecule has 0 unspecified atom stereocenters. The van der Waals surface area contributed by atoms with Gasteiger partial charge in [-0.2, -0.15) is 0 Å². The van der Waals surface area contributed by atoms with E-state index in [0.717, 1.165) is 17.7 Å². The van der Waals surface area contributed by atoms with Gasteiger partial charge in [-0.3, -0.25) is 0 Å². The van der Waals surface area contributed by atoms with Crippen LogP contribution in [0.15, 0.2) is 39.7 Å². The number of hydrogen-bond acceptors (Lipinski definition) is 4. The van der Waals surface area contributed by atoms with Crippen molar-refractivity contribution in [2.45, 2.75) is 11.3 Å². The third kappa shape index (κ3) is 4.25. The SMILES string of the molecule is O=S(=O)(NCCc1cc(Cl)c2c(c1)OCCO2)c1ccc(F)cc1Br. The Morgan fingerprint density at radius 3 is 2.72 bits per heavy atom. The summed E-state index contributed by atoms with van der Waals surface area (Å²) in [7, 11) is -3.76. The van der Waals surface area contributed by atoms with Crippen molar-refractivity contribution in [3.8, 4) is 11.5 Å². The average molecular weight is 451 g/mol. The average Bonchev–Trinajstić information content (AvgIpc) is 2.54. The topological polar surface area (TPSA) is 64.6 Å². The number of halogens is 3. The van der Waals surface area contributed by atoms with Gasteiger partial charge < -0.3 is 9.47 Å². The highest BCUT2D eigenvalue weighted by atomic mass is 79.9. The Balaban J connectivity index is 1.69. The van der Waals surface area contributed by atoms with E-state index < -0.39 is 15.8 Å². The summed E-state index contributed by atoms with van der Waals surface area (Å²) in [5.41, 5.74) is 0.815. The van der Waals surface area contributed by atoms with Gasteiger partial charge >= 0.3 is 0 Å². The predicted molar refractivity (Wildman–Crippen MR) is 95.4 cm³/mol. The normalized spacial score (nSPS) is 13.7. The zero-order chi connectivity index (χ0) is 18.0. The van der Waals surface area contributed by atoms with Crippen molar-refractivity contribution in [2.75, 3.05) is 19.8 Å². The molecular weight excluding hydrogens is 437 g/mol. The van der Waals surface area contributed by atoms with E-state index >= 15 is 0 Å². The van der Waals surface area contributed by atoms with Gasteiger partial charge in [0, 0.05) is 11.0 Å². The van der Waals surface area contributed by atoms with Crippen LogP contribution in [0.25, 0.3) is 0 Å². The fraction of sp³-hybridized carbons (Fsp3) is 0.250. The van der Waals surface area contributed by atoms with Crippen molar-refractivity contribution in [1.29, 1.82) is 0 Å². The van der Waals surface area contributed by atoms with Crippen LogP contribution in [0.3, 0.4) is 0 Å². The summed E-state index contributed by atoms with van der Waals surface area (Å²) in [6.07, 6.45) is 0.411. The highest BCUT2D eigenvalue weighted by Crippen LogP contribution is 2.38. The molecule has 0 saturated carbocycles. The summed E-state index contributed by atoms with van der Waals surface area (Å²) in [5.74, 6) is 0.544. The fourth-order valence-electron chi connectivity index (χ4n) is 2.41. The standard InChI is InChI=1S/C16H14BrClFNO4S/c17-12-9-11(19)1-2-15(12)25(21,22)20-4-3-10-7-13(18)16-14(8-10)23-5-6-24-16/h1-2,7-9,20H,3-6H2. The van der Waals surface area contributed by atoms with E-state index in [9.17, 15) is 12.8 Å². The summed E-state index contributed by atoms with van der Waals surface area (Å²) in [4.78, 5) is -0.0193. The molecule has 5 nitrogen and oxygen atoms in total. The molecule has 0 fully saturated rings. The minimum atomic E-state index is -3.76. The number of fused-ring (bicyclic) bond motifs is 1. The third-order valence-electron chi connectivity index (χ3n) is 3.55. The molecule has 0 spiro atoms. The highest BCUT2D eigenvalue weighted by Gasteiger charge is 2.19. The zero-order valence-electron chi connectivity index (χ0n) is 12.9. The lowest BCUT2D eigenvalue weighted by Crippen LogP contribution is -2.26. The van der Waals surface area contributed by atoms with Crippen LogP contribution in [0.2, 0.25) is 5.02 Å². The summed E-state index contributed by atoms with van der Waals surface area (Å²) >= 11 is 9.23. The van der Waals surface area contributed by atoms with Crippen LogP contribution >= 0.6 is 27.5 Å². The van der Waals surface area contributed by atoms with Crippen molar-refractivity contribution >= 4 is 37.6 Å². The van der Waals surface area contributed by atoms with E-state index in [2.05, 4.69) is 20.7 Å². The van der Waals surface area contributed by atoms with E-state index in [-0.39, 0.29) is 15.9 Å². The first-order chi connectivity index (χ1) is 11.9. The molecule has 1 N–H and O–H groups in total. The first-order valence-electron chi connectivity index (χ1n) is 7.39. The van der Waals surface area contributed by atoms with Crippen molar-refractivity contribution < 1.29 is 22.3 Å². The highest BCUT2D eigenvalue weighted by molar-refractivity contribution is 9.10. The minimum Gasteiger partial charge on any atom is -0.486 e. The monoisotopic (exact) mass is 449 g/mol. The Bertz CT molecular complexity index is 907. The predicted octanol–water partition coefficient (Wildman–Crippen LogP) is 3.53. The van der Waals surface area contributed by atoms with E-state index in [1.54, 1.807) is 12.1 Å². The Kier molecular flexibility index (Phi) is 5.52. The molecular formula is C16H14BrClFNO4S. The summed E-state index contributed by atoms with van der Waals surface area (Å²) in [5, 5.41) is 0.427. The van der Waals surface area contributed by atoms with Gasteiger partial charge in [0.15, 0.2) is 11.5 Å². The summed E-state index contributed by atoms with van der Waals surface area (Å²) in [6.45, 7) is 1.04. The lowest BCUT2D eigenvalue weighted by atomic mass is 10.1. The lowest BCUT2D eigenvalue weighted by Gasteiger charge is -2.20. The Morgan fingerprint density at radius 1 is 1.20 bits per heavy atom. The second-order valence-corrected chi connectivity index (χ2v) is 8.32. The van der Waals surface area contributed by atoms with E-state index in [0.29, 0.717) is 36.2 Å². The van der Waals surface area contributed by atoms with Gasteiger partial charge in [0.25, 0.3) is 0 Å². The van der Waals surface area contributed by atoms with Crippen LogP contribution in [-0.2, 0) is 16.4 Å². The maximum atomic E-state index is 13.1. The number of benzene rings is 2. The molecule has 0 atom stereocenters. The Morgan fingerprint density at radius 2 is 1.96 bits per heavy atom. The minimum absolute atomic E-state index is 0.0193. The Hall–Kier alpha value is -1.35. The molecule has 0 amide bonds. The molecule has 0 aromatic heterocycles. The molecule has 3 rings (SSSR count). The van der Waals surface area contributed by atoms with Gasteiger partial charge in [-0.05, 0) is 58.2 Å². The molecule has 9 heteroatoms. The second kappa shape index (κ2) is 7.49. The van der Waals surface area contributed by atoms with E-state index in [1.165, 1.54) is 6.07 Å². The lowest BCUT2D eigenvalue weighted by molar-refractivity contribution is 0.171. The summed E-state index contributed by atoms with van der Waals surface area (Å²) < 4.78 is 51.3. The van der Waals surface area contributed by atoms with Crippen LogP contribution < -0.4 is 14.2 Å². The molecule has 2 aromatic rings. The fourth-order valence-corrected chi connectivity index (χ4v) is 4.78. The number of nitrogens with one attached hydrogen (secondary N) is 1. The van der Waals surface area contributed by atoms with Crippen LogP contribution in [0.4, 0.5) is 4.39 Å². The molecule has 25 heavy (non-hydrogen) atoms. The van der Waals surface area contributed by atoms with Crippen molar-refractivity contribution in [1.82, 2.24) is 4.72 Å². The molecule has 0 saturated heterocycles. The number of sulfonamides is 1. The van der Waals surface area contributed by atoms with Gasteiger partial charge in [0.05, 0.1) is 9.92 Å². The summed E-state index contributed by atoms with van der Waals surface area (Å²) in [6, 6.07) is 6.91. The maximum Gasteiger partial charge on any atom is 0.241 e. The zero-order valence-corrected chi connectivity index (χ0v) is 16.0. The molecule has 1 heterocycles. The quantitative estimate of drug-likeness (QED) is 0.757. The largest absolute Gasteiger partial charge is 0.486 e. The van der Waals surface area contributed by atoms with Gasteiger partial charge in [-0.1, -0.05) is 11.6 Å². The third-order valence-corrected chi connectivity index (χ3v) is 6.26. The van der Waals surface area contributed by atoms with Crippen molar-refractivity contribution in [3.05, 3.63) is 51.2 Å². The van der Waals surface area contributed by atoms with Crippen LogP contribution in [0, 0.1) is 5.82 Å². The smallest absolute Gasteiger partial charge is 0.241 e. The van der Waals surface area contributed by atoms with Crippen molar-refractivity contribution in [3.63, 3.8) is 0 Å². The molecule has 134 valence electrons. The molecule has 0 bridgehead atoms. The van der Waals surface area contributed by atoms with Crippen LogP contribution in [0.5, 0.6) is 11.5 Å². The van der Waals surface area contributed by atoms with Gasteiger partial charge in [0.1, 0.15) is 19.0 Å². The van der Waals surface area contributed by atoms with Gasteiger partial charge in [-0.25, -0.2) is 17.5 Å². The van der Waals surface area contributed by atoms with Crippen LogP contribution in [-0.4, -0.2) is 28.2 Å². The molecule has 1 aliphatic heterocycles. The number of hydrogen-bond donors (Lipinski definition) is 1. The first-order valence-corrected chi connectivity index (χ1v) is 10.0. The van der Waals surface area contributed by atoms with Gasteiger partial charge in [-0.15, -0.1) is 0 Å². The molecule has 0 radical (unpaired) electrons. The molecule has 1 aliphatic rings. The number of rotatable bonds is 5. The van der Waals surface area contributed by atoms with Gasteiger partial charge in [0.2, 0.25) is 10.0 Å². The Labute approximate surface area is 158 Å². The van der Waals surface area contributed by atoms with Crippen LogP contribution in [0.1, 0.15) is 5.56 Å². The van der Waals surface area contributed by atoms with E-state index in [4.69, 9.17) is 21.1 Å². The first kappa shape index (κ1) is 18.4. The molecule has 0 aliphatic carbocycles. The number of ether oxygens (including phenoxy) is 2. The van der Waals surface area contributed by atoms with E-state index in [1.807, 2.05) is 0 Å². The van der Waals surface area contributed by atoms with Crippen molar-refractivity contribution in [2.24, 2.45) is 0 Å². The maximum absolute atomic E-state index is 13.1. The molecule has 2 aromatic carbocycles. The second-order valence-electron chi connectivity index (χ2n) is 5.32.